The lowest BCUT2D eigenvalue weighted by molar-refractivity contribution is 0.128. The van der Waals surface area contributed by atoms with Gasteiger partial charge in [-0.15, -0.1) is 0 Å². The normalized spacial score (nSPS) is 10.2. The summed E-state index contributed by atoms with van der Waals surface area (Å²) < 4.78 is 5.32. The maximum atomic E-state index is 5.32. The Balaban J connectivity index is 2.89. The van der Waals surface area contributed by atoms with E-state index in [0.29, 0.717) is 19.0 Å². The first kappa shape index (κ1) is 12.7. The smallest absolute Gasteiger partial charge is 0.158 e. The lowest BCUT2D eigenvalue weighted by atomic mass is 10.4. The maximum Gasteiger partial charge on any atom is 0.158 e. The molecule has 0 saturated heterocycles. The van der Waals surface area contributed by atoms with Crippen LogP contribution in [0.25, 0.3) is 0 Å². The molecule has 1 heterocycles. The van der Waals surface area contributed by atoms with Crippen molar-refractivity contribution in [3.63, 3.8) is 0 Å². The molecular formula is C11H20N4O. The summed E-state index contributed by atoms with van der Waals surface area (Å²) in [5.41, 5.74) is 0. The van der Waals surface area contributed by atoms with Crippen molar-refractivity contribution >= 4 is 11.6 Å². The van der Waals surface area contributed by atoms with Gasteiger partial charge in [0.2, 0.25) is 0 Å². The number of rotatable bonds is 6. The Bertz CT molecular complexity index is 328. The van der Waals surface area contributed by atoms with Crippen LogP contribution in [-0.2, 0) is 11.3 Å². The van der Waals surface area contributed by atoms with Gasteiger partial charge in [0.25, 0.3) is 0 Å². The van der Waals surface area contributed by atoms with Crippen LogP contribution < -0.4 is 10.2 Å². The van der Waals surface area contributed by atoms with E-state index < -0.39 is 0 Å². The number of hydrogen-bond donors (Lipinski definition) is 1. The van der Waals surface area contributed by atoms with E-state index in [1.165, 1.54) is 0 Å². The molecule has 0 atom stereocenters. The molecule has 0 aliphatic heterocycles. The van der Waals surface area contributed by atoms with E-state index in [2.05, 4.69) is 15.3 Å². The van der Waals surface area contributed by atoms with Crippen molar-refractivity contribution in [1.82, 2.24) is 9.97 Å². The van der Waals surface area contributed by atoms with Gasteiger partial charge in [0.15, 0.2) is 5.82 Å². The molecule has 0 bridgehead atoms. The van der Waals surface area contributed by atoms with Crippen molar-refractivity contribution in [2.75, 3.05) is 37.5 Å². The Hall–Kier alpha value is -1.36. The lowest BCUT2D eigenvalue weighted by Gasteiger charge is -2.14. The minimum absolute atomic E-state index is 0.455. The molecule has 0 radical (unpaired) electrons. The van der Waals surface area contributed by atoms with Gasteiger partial charge in [-0.2, -0.15) is 0 Å². The fourth-order valence-corrected chi connectivity index (χ4v) is 1.24. The molecule has 0 aliphatic rings. The molecule has 5 nitrogen and oxygen atoms in total. The fraction of sp³-hybridized carbons (Fsp3) is 0.636. The average molecular weight is 224 g/mol. The molecule has 0 aromatic carbocycles. The third-order valence-corrected chi connectivity index (χ3v) is 2.01. The molecule has 0 spiro atoms. The average Bonchev–Trinajstić information content (AvgIpc) is 2.26. The summed E-state index contributed by atoms with van der Waals surface area (Å²) in [7, 11) is 3.92. The Morgan fingerprint density at radius 3 is 2.62 bits per heavy atom. The van der Waals surface area contributed by atoms with Crippen LogP contribution in [0, 0.1) is 0 Å². The Kier molecular flexibility index (Phi) is 4.98. The van der Waals surface area contributed by atoms with Gasteiger partial charge in [-0.25, -0.2) is 9.97 Å². The molecule has 5 heteroatoms. The van der Waals surface area contributed by atoms with Crippen LogP contribution in [0.2, 0.25) is 0 Å². The van der Waals surface area contributed by atoms with Gasteiger partial charge in [0, 0.05) is 33.3 Å². The highest BCUT2D eigenvalue weighted by Gasteiger charge is 2.05. The Morgan fingerprint density at radius 2 is 2.06 bits per heavy atom. The van der Waals surface area contributed by atoms with Crippen LogP contribution in [0.15, 0.2) is 6.07 Å². The highest BCUT2D eigenvalue weighted by Crippen LogP contribution is 2.14. The fourth-order valence-electron chi connectivity index (χ4n) is 1.24. The highest BCUT2D eigenvalue weighted by atomic mass is 16.5. The van der Waals surface area contributed by atoms with Gasteiger partial charge in [0.05, 0.1) is 0 Å². The van der Waals surface area contributed by atoms with E-state index in [1.807, 2.05) is 38.9 Å². The van der Waals surface area contributed by atoms with Crippen molar-refractivity contribution < 1.29 is 4.74 Å². The molecule has 16 heavy (non-hydrogen) atoms. The van der Waals surface area contributed by atoms with Crippen molar-refractivity contribution in [1.29, 1.82) is 0 Å². The summed E-state index contributed by atoms with van der Waals surface area (Å²) in [6.07, 6.45) is 0. The van der Waals surface area contributed by atoms with E-state index in [0.717, 1.165) is 18.2 Å². The van der Waals surface area contributed by atoms with E-state index >= 15 is 0 Å². The summed E-state index contributed by atoms with van der Waals surface area (Å²) in [6, 6.07) is 1.93. The third-order valence-electron chi connectivity index (χ3n) is 2.01. The van der Waals surface area contributed by atoms with Gasteiger partial charge in [-0.05, 0) is 13.8 Å². The van der Waals surface area contributed by atoms with Gasteiger partial charge in [0.1, 0.15) is 18.2 Å². The number of anilines is 2. The topological polar surface area (TPSA) is 50.3 Å². The van der Waals surface area contributed by atoms with Crippen molar-refractivity contribution in [2.24, 2.45) is 0 Å². The van der Waals surface area contributed by atoms with Crippen LogP contribution in [0.1, 0.15) is 19.7 Å². The zero-order valence-corrected chi connectivity index (χ0v) is 10.4. The molecule has 0 amide bonds. The molecule has 1 rings (SSSR count). The highest BCUT2D eigenvalue weighted by molar-refractivity contribution is 5.48. The van der Waals surface area contributed by atoms with Gasteiger partial charge < -0.3 is 15.0 Å². The zero-order valence-electron chi connectivity index (χ0n) is 10.4. The molecule has 1 N–H and O–H groups in total. The predicted molar refractivity (Wildman–Crippen MR) is 65.9 cm³/mol. The number of ether oxygens (including phenoxy) is 1. The summed E-state index contributed by atoms with van der Waals surface area (Å²) in [4.78, 5) is 10.7. The van der Waals surface area contributed by atoms with Crippen LogP contribution >= 0.6 is 0 Å². The van der Waals surface area contributed by atoms with E-state index in [-0.39, 0.29) is 0 Å². The maximum absolute atomic E-state index is 5.32. The molecule has 0 aliphatic carbocycles. The second kappa shape index (κ2) is 6.27. The molecule has 1 aromatic heterocycles. The minimum atomic E-state index is 0.455. The number of hydrogen-bond acceptors (Lipinski definition) is 5. The second-order valence-corrected chi connectivity index (χ2v) is 3.59. The van der Waals surface area contributed by atoms with Crippen LogP contribution in [0.4, 0.5) is 11.6 Å². The number of nitrogens with one attached hydrogen (secondary N) is 1. The van der Waals surface area contributed by atoms with Crippen LogP contribution in [0.5, 0.6) is 0 Å². The number of aromatic nitrogens is 2. The van der Waals surface area contributed by atoms with Crippen molar-refractivity contribution in [3.8, 4) is 0 Å². The molecule has 0 unspecified atom stereocenters. The Morgan fingerprint density at radius 1 is 1.31 bits per heavy atom. The van der Waals surface area contributed by atoms with Crippen LogP contribution in [-0.4, -0.2) is 37.2 Å². The predicted octanol–water partition coefficient (Wildman–Crippen LogP) is 1.51. The summed E-state index contributed by atoms with van der Waals surface area (Å²) in [6.45, 7) is 5.97. The van der Waals surface area contributed by atoms with E-state index in [9.17, 15) is 0 Å². The standard InChI is InChI=1S/C11H20N4O/c1-5-12-9-7-11(15(3)4)14-10(13-9)8-16-6-2/h7H,5-6,8H2,1-4H3,(H,12,13,14). The largest absolute Gasteiger partial charge is 0.374 e. The lowest BCUT2D eigenvalue weighted by Crippen LogP contribution is -2.14. The first-order valence-electron chi connectivity index (χ1n) is 5.54. The quantitative estimate of drug-likeness (QED) is 0.793. The number of nitrogens with zero attached hydrogens (tertiary/aromatic N) is 3. The second-order valence-electron chi connectivity index (χ2n) is 3.59. The molecule has 90 valence electrons. The summed E-state index contributed by atoms with van der Waals surface area (Å²) >= 11 is 0. The molecule has 1 aromatic rings. The minimum Gasteiger partial charge on any atom is -0.374 e. The van der Waals surface area contributed by atoms with Crippen molar-refractivity contribution in [2.45, 2.75) is 20.5 Å². The van der Waals surface area contributed by atoms with E-state index in [1.54, 1.807) is 0 Å². The third kappa shape index (κ3) is 3.66. The molecular weight excluding hydrogens is 204 g/mol. The molecule has 0 saturated carbocycles. The monoisotopic (exact) mass is 224 g/mol. The van der Waals surface area contributed by atoms with E-state index in [4.69, 9.17) is 4.74 Å². The van der Waals surface area contributed by atoms with Crippen LogP contribution in [0.3, 0.4) is 0 Å². The van der Waals surface area contributed by atoms with Crippen molar-refractivity contribution in [3.05, 3.63) is 11.9 Å². The Labute approximate surface area is 96.8 Å². The van der Waals surface area contributed by atoms with Gasteiger partial charge in [-0.3, -0.25) is 0 Å². The van der Waals surface area contributed by atoms with Gasteiger partial charge >= 0.3 is 0 Å². The van der Waals surface area contributed by atoms with Gasteiger partial charge in [-0.1, -0.05) is 0 Å². The zero-order chi connectivity index (χ0) is 12.0. The first-order chi connectivity index (χ1) is 7.67. The summed E-state index contributed by atoms with van der Waals surface area (Å²) in [5.74, 6) is 2.44. The summed E-state index contributed by atoms with van der Waals surface area (Å²) in [5, 5.41) is 3.19. The molecule has 0 fully saturated rings. The first-order valence-corrected chi connectivity index (χ1v) is 5.54. The SMILES string of the molecule is CCNc1cc(N(C)C)nc(COCC)n1.